The molecular formula is C24H44O6. The van der Waals surface area contributed by atoms with E-state index in [1.807, 2.05) is 27.7 Å². The fourth-order valence-electron chi connectivity index (χ4n) is 4.72. The predicted octanol–water partition coefficient (Wildman–Crippen LogP) is 5.32. The fraction of sp³-hybridized carbons (Fsp3) is 1.00. The molecule has 5 atom stereocenters. The van der Waals surface area contributed by atoms with Crippen LogP contribution in [0.1, 0.15) is 98.8 Å². The van der Waals surface area contributed by atoms with E-state index < -0.39 is 17.9 Å². The SMILES string of the molecule is CCCCCCCCCCCCOC[C@@H]1O[C@@H]2OC(C)(C)O[C@@H]2[C@H]2OC(C)(C)O[C@@H]21. The van der Waals surface area contributed by atoms with Gasteiger partial charge >= 0.3 is 0 Å². The van der Waals surface area contributed by atoms with Crippen LogP contribution in [0.3, 0.4) is 0 Å². The molecule has 3 saturated heterocycles. The average molecular weight is 429 g/mol. The minimum Gasteiger partial charge on any atom is -0.379 e. The fourth-order valence-corrected chi connectivity index (χ4v) is 4.72. The van der Waals surface area contributed by atoms with Crippen molar-refractivity contribution in [2.75, 3.05) is 13.2 Å². The molecule has 6 nitrogen and oxygen atoms in total. The molecule has 0 amide bonds. The molecule has 0 bridgehead atoms. The third kappa shape index (κ3) is 6.88. The van der Waals surface area contributed by atoms with Crippen molar-refractivity contribution >= 4 is 0 Å². The Labute approximate surface area is 183 Å². The quantitative estimate of drug-likeness (QED) is 0.370. The Balaban J connectivity index is 1.31. The smallest absolute Gasteiger partial charge is 0.190 e. The van der Waals surface area contributed by atoms with E-state index in [0.717, 1.165) is 13.0 Å². The molecule has 0 aromatic rings. The van der Waals surface area contributed by atoms with Crippen LogP contribution in [0.5, 0.6) is 0 Å². The first-order valence-corrected chi connectivity index (χ1v) is 12.3. The van der Waals surface area contributed by atoms with Crippen LogP contribution in [0.25, 0.3) is 0 Å². The maximum absolute atomic E-state index is 6.18. The highest BCUT2D eigenvalue weighted by atomic mass is 16.9. The normalized spacial score (nSPS) is 34.1. The minimum absolute atomic E-state index is 0.202. The summed E-state index contributed by atoms with van der Waals surface area (Å²) in [6.07, 6.45) is 11.9. The molecule has 0 aliphatic carbocycles. The van der Waals surface area contributed by atoms with Crippen molar-refractivity contribution in [2.45, 2.75) is 141 Å². The van der Waals surface area contributed by atoms with Crippen LogP contribution >= 0.6 is 0 Å². The summed E-state index contributed by atoms with van der Waals surface area (Å²) in [7, 11) is 0. The molecule has 3 aliphatic heterocycles. The third-order valence-corrected chi connectivity index (χ3v) is 6.18. The molecule has 3 rings (SSSR count). The highest BCUT2D eigenvalue weighted by Crippen LogP contribution is 2.44. The highest BCUT2D eigenvalue weighted by Gasteiger charge is 2.60. The van der Waals surface area contributed by atoms with Crippen molar-refractivity contribution < 1.29 is 28.4 Å². The first-order valence-electron chi connectivity index (χ1n) is 12.3. The second-order valence-corrected chi connectivity index (χ2v) is 9.96. The maximum Gasteiger partial charge on any atom is 0.190 e. The number of rotatable bonds is 13. The molecule has 3 aliphatic rings. The number of hydrogen-bond acceptors (Lipinski definition) is 6. The van der Waals surface area contributed by atoms with E-state index in [1.54, 1.807) is 0 Å². The lowest BCUT2D eigenvalue weighted by Crippen LogP contribution is -2.56. The molecule has 0 N–H and O–H groups in total. The van der Waals surface area contributed by atoms with Crippen LogP contribution in [-0.4, -0.2) is 55.5 Å². The number of unbranched alkanes of at least 4 members (excludes halogenated alkanes) is 9. The molecule has 3 fully saturated rings. The van der Waals surface area contributed by atoms with Gasteiger partial charge in [0.05, 0.1) is 6.61 Å². The first-order chi connectivity index (χ1) is 14.3. The van der Waals surface area contributed by atoms with Crippen LogP contribution in [0.15, 0.2) is 0 Å². The number of fused-ring (bicyclic) bond motifs is 3. The summed E-state index contributed by atoms with van der Waals surface area (Å²) in [5, 5.41) is 0. The summed E-state index contributed by atoms with van der Waals surface area (Å²) in [5.41, 5.74) is 0. The number of ether oxygens (including phenoxy) is 6. The lowest BCUT2D eigenvalue weighted by Gasteiger charge is -2.37. The van der Waals surface area contributed by atoms with E-state index in [2.05, 4.69) is 6.92 Å². The lowest BCUT2D eigenvalue weighted by molar-refractivity contribution is -0.243. The van der Waals surface area contributed by atoms with Crippen LogP contribution in [-0.2, 0) is 28.4 Å². The van der Waals surface area contributed by atoms with Gasteiger partial charge in [-0.15, -0.1) is 0 Å². The zero-order valence-electron chi connectivity index (χ0n) is 19.8. The topological polar surface area (TPSA) is 55.4 Å². The zero-order chi connectivity index (χ0) is 21.6. The predicted molar refractivity (Wildman–Crippen MR) is 115 cm³/mol. The average Bonchev–Trinajstić information content (AvgIpc) is 3.16. The van der Waals surface area contributed by atoms with Gasteiger partial charge in [-0.05, 0) is 34.1 Å². The van der Waals surface area contributed by atoms with E-state index in [4.69, 9.17) is 28.4 Å². The standard InChI is InChI=1S/C24H44O6/c1-6-7-8-9-10-11-12-13-14-15-16-25-17-18-19-20(28-23(2,3)27-19)21-22(26-18)30-24(4,5)29-21/h18-22H,6-17H2,1-5H3/t18-,19+,20-,21+,22+/m0/s1. The van der Waals surface area contributed by atoms with Crippen molar-refractivity contribution in [1.29, 1.82) is 0 Å². The van der Waals surface area contributed by atoms with Gasteiger partial charge in [0.25, 0.3) is 0 Å². The Bertz CT molecular complexity index is 508. The summed E-state index contributed by atoms with van der Waals surface area (Å²) < 4.78 is 36.4. The third-order valence-electron chi connectivity index (χ3n) is 6.18. The van der Waals surface area contributed by atoms with Crippen molar-refractivity contribution in [3.05, 3.63) is 0 Å². The Hall–Kier alpha value is -0.240. The molecule has 0 unspecified atom stereocenters. The van der Waals surface area contributed by atoms with Crippen molar-refractivity contribution in [2.24, 2.45) is 0 Å². The molecule has 30 heavy (non-hydrogen) atoms. The lowest BCUT2D eigenvalue weighted by atomic mass is 9.99. The van der Waals surface area contributed by atoms with Crippen LogP contribution in [0.2, 0.25) is 0 Å². The largest absolute Gasteiger partial charge is 0.379 e. The summed E-state index contributed by atoms with van der Waals surface area (Å²) in [4.78, 5) is 0. The van der Waals surface area contributed by atoms with E-state index in [0.29, 0.717) is 6.61 Å². The Morgan fingerprint density at radius 2 is 1.17 bits per heavy atom. The van der Waals surface area contributed by atoms with E-state index in [1.165, 1.54) is 57.8 Å². The van der Waals surface area contributed by atoms with Gasteiger partial charge in [-0.25, -0.2) is 0 Å². The molecule has 6 heteroatoms. The van der Waals surface area contributed by atoms with Gasteiger partial charge in [0.15, 0.2) is 17.9 Å². The van der Waals surface area contributed by atoms with Crippen LogP contribution in [0, 0.1) is 0 Å². The first kappa shape index (κ1) is 24.4. The second-order valence-electron chi connectivity index (χ2n) is 9.96. The van der Waals surface area contributed by atoms with Gasteiger partial charge in [-0.2, -0.15) is 0 Å². The summed E-state index contributed by atoms with van der Waals surface area (Å²) in [5.74, 6) is -1.33. The van der Waals surface area contributed by atoms with E-state index in [-0.39, 0.29) is 24.4 Å². The van der Waals surface area contributed by atoms with Crippen LogP contribution < -0.4 is 0 Å². The molecule has 0 radical (unpaired) electrons. The van der Waals surface area contributed by atoms with Crippen LogP contribution in [0.4, 0.5) is 0 Å². The maximum atomic E-state index is 6.18. The van der Waals surface area contributed by atoms with Gasteiger partial charge in [0.1, 0.15) is 24.4 Å². The van der Waals surface area contributed by atoms with Crippen molar-refractivity contribution in [3.63, 3.8) is 0 Å². The summed E-state index contributed by atoms with van der Waals surface area (Å²) in [6.45, 7) is 11.2. The molecule has 3 heterocycles. The van der Waals surface area contributed by atoms with E-state index in [9.17, 15) is 0 Å². The molecule has 0 aromatic carbocycles. The van der Waals surface area contributed by atoms with Crippen molar-refractivity contribution in [3.8, 4) is 0 Å². The van der Waals surface area contributed by atoms with Crippen molar-refractivity contribution in [1.82, 2.24) is 0 Å². The summed E-state index contributed by atoms with van der Waals surface area (Å²) >= 11 is 0. The monoisotopic (exact) mass is 428 g/mol. The van der Waals surface area contributed by atoms with E-state index >= 15 is 0 Å². The van der Waals surface area contributed by atoms with Gasteiger partial charge in [-0.3, -0.25) is 0 Å². The Kier molecular flexibility index (Phi) is 9.00. The Morgan fingerprint density at radius 3 is 1.83 bits per heavy atom. The second kappa shape index (κ2) is 11.1. The van der Waals surface area contributed by atoms with Gasteiger partial charge in [-0.1, -0.05) is 64.7 Å². The highest BCUT2D eigenvalue weighted by molar-refractivity contribution is 5.00. The molecule has 0 saturated carbocycles. The Morgan fingerprint density at radius 1 is 0.633 bits per heavy atom. The molecule has 0 aromatic heterocycles. The van der Waals surface area contributed by atoms with Gasteiger partial charge in [0, 0.05) is 6.61 Å². The number of hydrogen-bond donors (Lipinski definition) is 0. The summed E-state index contributed by atoms with van der Waals surface area (Å²) in [6, 6.07) is 0. The van der Waals surface area contributed by atoms with Gasteiger partial charge in [0.2, 0.25) is 0 Å². The minimum atomic E-state index is -0.679. The molecule has 0 spiro atoms. The molecule has 176 valence electrons. The zero-order valence-corrected chi connectivity index (χ0v) is 19.8. The van der Waals surface area contributed by atoms with Gasteiger partial charge < -0.3 is 28.4 Å². The molecular weight excluding hydrogens is 384 g/mol.